The van der Waals surface area contributed by atoms with Crippen LogP contribution in [0, 0.1) is 34.6 Å². The lowest BCUT2D eigenvalue weighted by Gasteiger charge is -2.26. The van der Waals surface area contributed by atoms with Gasteiger partial charge in [-0.3, -0.25) is 0 Å². The summed E-state index contributed by atoms with van der Waals surface area (Å²) in [7, 11) is 0. The number of rotatable bonds is 4. The number of nitrogens with one attached hydrogen (secondary N) is 1. The lowest BCUT2D eigenvalue weighted by atomic mass is 10.0. The summed E-state index contributed by atoms with van der Waals surface area (Å²) in [5.74, 6) is 1.79. The number of hydrogen-bond donors (Lipinski definition) is 1. The molecule has 1 N–H and O–H groups in total. The van der Waals surface area contributed by atoms with Gasteiger partial charge in [0.2, 0.25) is 0 Å². The van der Waals surface area contributed by atoms with Crippen molar-refractivity contribution >= 4 is 17.5 Å². The van der Waals surface area contributed by atoms with E-state index in [0.717, 1.165) is 61.1 Å². The zero-order valence-corrected chi connectivity index (χ0v) is 21.0. The van der Waals surface area contributed by atoms with Crippen LogP contribution in [0.4, 0.5) is 16.3 Å². The van der Waals surface area contributed by atoms with E-state index in [4.69, 9.17) is 4.98 Å². The van der Waals surface area contributed by atoms with E-state index in [1.807, 2.05) is 30.9 Å². The Morgan fingerprint density at radius 1 is 0.912 bits per heavy atom. The van der Waals surface area contributed by atoms with Gasteiger partial charge < -0.3 is 15.1 Å². The molecule has 0 aliphatic carbocycles. The Kier molecular flexibility index (Phi) is 7.15. The number of amides is 2. The molecule has 0 spiro atoms. The molecule has 3 aromatic rings. The highest BCUT2D eigenvalue weighted by Gasteiger charge is 2.23. The van der Waals surface area contributed by atoms with Crippen molar-refractivity contribution in [3.05, 3.63) is 81.8 Å². The zero-order chi connectivity index (χ0) is 24.2. The van der Waals surface area contributed by atoms with Crippen LogP contribution in [-0.2, 0) is 6.42 Å². The minimum absolute atomic E-state index is 0.0366. The lowest BCUT2D eigenvalue weighted by molar-refractivity contribution is 0.215. The summed E-state index contributed by atoms with van der Waals surface area (Å²) in [6.45, 7) is 13.2. The minimum Gasteiger partial charge on any atom is -0.354 e. The summed E-state index contributed by atoms with van der Waals surface area (Å²) >= 11 is 0. The van der Waals surface area contributed by atoms with E-state index in [2.05, 4.69) is 66.3 Å². The van der Waals surface area contributed by atoms with Gasteiger partial charge in [-0.05, 0) is 63.8 Å². The maximum absolute atomic E-state index is 13.0. The molecule has 1 fully saturated rings. The summed E-state index contributed by atoms with van der Waals surface area (Å²) in [6, 6.07) is 14.6. The van der Waals surface area contributed by atoms with Gasteiger partial charge in [0.25, 0.3) is 0 Å². The first-order valence-corrected chi connectivity index (χ1v) is 12.1. The second kappa shape index (κ2) is 10.2. The summed E-state index contributed by atoms with van der Waals surface area (Å²) in [4.78, 5) is 26.8. The number of aryl methyl sites for hydroxylation is 4. The van der Waals surface area contributed by atoms with Crippen molar-refractivity contribution in [3.63, 3.8) is 0 Å². The fraction of sp³-hybridized carbons (Fsp3) is 0.393. The number of carbonyl (C=O) groups is 1. The van der Waals surface area contributed by atoms with Crippen molar-refractivity contribution in [1.29, 1.82) is 0 Å². The second-order valence-electron chi connectivity index (χ2n) is 9.33. The highest BCUT2D eigenvalue weighted by Crippen LogP contribution is 2.26. The van der Waals surface area contributed by atoms with Gasteiger partial charge in [-0.25, -0.2) is 14.8 Å². The molecule has 1 aromatic heterocycles. The molecule has 0 saturated carbocycles. The Balaban J connectivity index is 1.51. The highest BCUT2D eigenvalue weighted by atomic mass is 16.2. The van der Waals surface area contributed by atoms with Crippen LogP contribution in [0.15, 0.2) is 42.5 Å². The normalized spacial score (nSPS) is 14.1. The van der Waals surface area contributed by atoms with Crippen LogP contribution in [0.5, 0.6) is 0 Å². The molecule has 1 aliphatic heterocycles. The number of urea groups is 1. The highest BCUT2D eigenvalue weighted by molar-refractivity contribution is 5.90. The Labute approximate surface area is 203 Å². The van der Waals surface area contributed by atoms with Crippen molar-refractivity contribution in [3.8, 4) is 0 Å². The second-order valence-corrected chi connectivity index (χ2v) is 9.33. The average Bonchev–Trinajstić information content (AvgIpc) is 3.06. The van der Waals surface area contributed by atoms with Gasteiger partial charge in [0.05, 0.1) is 0 Å². The molecule has 0 radical (unpaired) electrons. The van der Waals surface area contributed by atoms with Crippen LogP contribution < -0.4 is 10.2 Å². The van der Waals surface area contributed by atoms with E-state index in [0.29, 0.717) is 6.54 Å². The molecule has 2 aromatic carbocycles. The molecular formula is C28H35N5O. The predicted octanol–water partition coefficient (Wildman–Crippen LogP) is 5.35. The van der Waals surface area contributed by atoms with Gasteiger partial charge in [-0.2, -0.15) is 0 Å². The van der Waals surface area contributed by atoms with E-state index in [9.17, 15) is 4.79 Å². The predicted molar refractivity (Wildman–Crippen MR) is 139 cm³/mol. The van der Waals surface area contributed by atoms with Crippen LogP contribution in [0.25, 0.3) is 0 Å². The Morgan fingerprint density at radius 3 is 2.44 bits per heavy atom. The van der Waals surface area contributed by atoms with Gasteiger partial charge >= 0.3 is 6.03 Å². The molecule has 178 valence electrons. The molecule has 34 heavy (non-hydrogen) atoms. The van der Waals surface area contributed by atoms with Crippen LogP contribution in [0.1, 0.15) is 45.8 Å². The fourth-order valence-corrected chi connectivity index (χ4v) is 4.51. The molecule has 6 heteroatoms. The number of nitrogens with zero attached hydrogens (tertiary/aromatic N) is 4. The molecule has 6 nitrogen and oxygen atoms in total. The van der Waals surface area contributed by atoms with Crippen LogP contribution in [0.2, 0.25) is 0 Å². The van der Waals surface area contributed by atoms with Crippen molar-refractivity contribution in [2.45, 2.75) is 47.5 Å². The third-order valence-electron chi connectivity index (χ3n) is 6.73. The quantitative estimate of drug-likeness (QED) is 0.573. The maximum atomic E-state index is 13.0. The van der Waals surface area contributed by atoms with E-state index < -0.39 is 0 Å². The Morgan fingerprint density at radius 2 is 1.68 bits per heavy atom. The Hall–Kier alpha value is -3.41. The SMILES string of the molecule is Cc1ccc(Cc2c(C)nc(C)nc2N2CCCN(C(=O)Nc3cccc(C)c3C)CC2)cc1. The molecule has 0 bridgehead atoms. The van der Waals surface area contributed by atoms with Crippen molar-refractivity contribution in [2.75, 3.05) is 36.4 Å². The molecular weight excluding hydrogens is 422 g/mol. The van der Waals surface area contributed by atoms with Crippen LogP contribution in [-0.4, -0.2) is 47.1 Å². The van der Waals surface area contributed by atoms with Gasteiger partial charge in [0, 0.05) is 49.5 Å². The minimum atomic E-state index is -0.0366. The van der Waals surface area contributed by atoms with Crippen LogP contribution in [0.3, 0.4) is 0 Å². The van der Waals surface area contributed by atoms with Gasteiger partial charge in [0.15, 0.2) is 0 Å². The molecule has 2 amide bonds. The van der Waals surface area contributed by atoms with Crippen molar-refractivity contribution in [2.24, 2.45) is 0 Å². The fourth-order valence-electron chi connectivity index (χ4n) is 4.51. The van der Waals surface area contributed by atoms with Gasteiger partial charge in [0.1, 0.15) is 11.6 Å². The van der Waals surface area contributed by atoms with Gasteiger partial charge in [-0.15, -0.1) is 0 Å². The van der Waals surface area contributed by atoms with E-state index >= 15 is 0 Å². The average molecular weight is 458 g/mol. The first-order chi connectivity index (χ1) is 16.3. The third kappa shape index (κ3) is 5.38. The molecule has 2 heterocycles. The van der Waals surface area contributed by atoms with E-state index in [1.54, 1.807) is 0 Å². The van der Waals surface area contributed by atoms with Crippen LogP contribution >= 0.6 is 0 Å². The molecule has 1 aliphatic rings. The van der Waals surface area contributed by atoms with E-state index in [-0.39, 0.29) is 6.03 Å². The maximum Gasteiger partial charge on any atom is 0.321 e. The largest absolute Gasteiger partial charge is 0.354 e. The molecule has 1 saturated heterocycles. The lowest BCUT2D eigenvalue weighted by Crippen LogP contribution is -2.38. The number of benzene rings is 2. The summed E-state index contributed by atoms with van der Waals surface area (Å²) in [5, 5.41) is 3.11. The topological polar surface area (TPSA) is 61.4 Å². The van der Waals surface area contributed by atoms with Crippen molar-refractivity contribution < 1.29 is 4.79 Å². The van der Waals surface area contributed by atoms with Gasteiger partial charge in [-0.1, -0.05) is 42.0 Å². The summed E-state index contributed by atoms with van der Waals surface area (Å²) < 4.78 is 0. The first kappa shape index (κ1) is 23.7. The number of anilines is 2. The van der Waals surface area contributed by atoms with E-state index in [1.165, 1.54) is 22.3 Å². The number of aromatic nitrogens is 2. The summed E-state index contributed by atoms with van der Waals surface area (Å²) in [6.07, 6.45) is 1.70. The zero-order valence-electron chi connectivity index (χ0n) is 21.0. The number of hydrogen-bond acceptors (Lipinski definition) is 4. The first-order valence-electron chi connectivity index (χ1n) is 12.1. The monoisotopic (exact) mass is 457 g/mol. The smallest absolute Gasteiger partial charge is 0.321 e. The molecule has 0 unspecified atom stereocenters. The standard InChI is InChI=1S/C28H35N5O/c1-19-10-12-24(13-11-19)18-25-22(4)29-23(5)30-27(25)32-14-7-15-33(17-16-32)28(34)31-26-9-6-8-20(2)21(26)3/h6,8-13H,7,14-18H2,1-5H3,(H,31,34). The molecule has 0 atom stereocenters. The molecule has 4 rings (SSSR count). The van der Waals surface area contributed by atoms with Crippen molar-refractivity contribution in [1.82, 2.24) is 14.9 Å². The third-order valence-corrected chi connectivity index (χ3v) is 6.73. The Bertz CT molecular complexity index is 1170. The number of carbonyl (C=O) groups excluding carboxylic acids is 1. The summed E-state index contributed by atoms with van der Waals surface area (Å²) in [5.41, 5.74) is 7.88.